The average Bonchev–Trinajstić information content (AvgIpc) is 2.91. The largest absolute Gasteiger partial charge is 0.468 e. The summed E-state index contributed by atoms with van der Waals surface area (Å²) in [5.41, 5.74) is 5.57. The number of hydrogen-bond acceptors (Lipinski definition) is 6. The van der Waals surface area contributed by atoms with Crippen molar-refractivity contribution in [2.75, 3.05) is 18.6 Å². The Morgan fingerprint density at radius 3 is 2.89 bits per heavy atom. The smallest absolute Gasteiger partial charge is 0.323 e. The summed E-state index contributed by atoms with van der Waals surface area (Å²) in [5, 5.41) is 4.87. The van der Waals surface area contributed by atoms with Crippen molar-refractivity contribution in [1.82, 2.24) is 5.32 Å². The Kier molecular flexibility index (Phi) is 6.90. The number of ether oxygens (including phenoxy) is 1. The molecule has 0 saturated heterocycles. The fourth-order valence-corrected chi connectivity index (χ4v) is 2.90. The normalized spacial score (nSPS) is 13.6. The van der Waals surface area contributed by atoms with Crippen molar-refractivity contribution in [2.24, 2.45) is 5.73 Å². The van der Waals surface area contributed by atoms with Gasteiger partial charge in [-0.15, -0.1) is 23.1 Å². The maximum atomic E-state index is 11.7. The van der Waals surface area contributed by atoms with Crippen molar-refractivity contribution in [3.8, 4) is 0 Å². The first kappa shape index (κ1) is 16.0. The van der Waals surface area contributed by atoms with Crippen molar-refractivity contribution >= 4 is 35.0 Å². The monoisotopic (exact) mass is 302 g/mol. The van der Waals surface area contributed by atoms with Crippen LogP contribution in [0.5, 0.6) is 0 Å². The lowest BCUT2D eigenvalue weighted by Gasteiger charge is -2.12. The highest BCUT2D eigenvalue weighted by molar-refractivity contribution is 8.00. The second kappa shape index (κ2) is 8.19. The summed E-state index contributed by atoms with van der Waals surface area (Å²) in [4.78, 5) is 23.9. The lowest BCUT2D eigenvalue weighted by atomic mass is 10.3. The molecule has 1 rings (SSSR count). The molecule has 0 spiro atoms. The molecule has 19 heavy (non-hydrogen) atoms. The van der Waals surface area contributed by atoms with E-state index in [0.717, 1.165) is 4.88 Å². The predicted octanol–water partition coefficient (Wildman–Crippen LogP) is 1.16. The number of carbonyl (C=O) groups excluding carboxylic acids is 2. The Balaban J connectivity index is 2.23. The van der Waals surface area contributed by atoms with Crippen molar-refractivity contribution in [3.05, 3.63) is 22.4 Å². The fourth-order valence-electron chi connectivity index (χ4n) is 1.39. The molecule has 1 amide bonds. The van der Waals surface area contributed by atoms with Gasteiger partial charge in [-0.3, -0.25) is 9.59 Å². The van der Waals surface area contributed by atoms with Crippen LogP contribution < -0.4 is 11.1 Å². The Bertz CT molecular complexity index is 409. The van der Waals surface area contributed by atoms with Crippen LogP contribution in [-0.2, 0) is 14.3 Å². The van der Waals surface area contributed by atoms with E-state index in [2.05, 4.69) is 10.1 Å². The third kappa shape index (κ3) is 5.63. The molecule has 0 saturated carbocycles. The van der Waals surface area contributed by atoms with Gasteiger partial charge in [0.05, 0.1) is 18.9 Å². The van der Waals surface area contributed by atoms with E-state index in [1.807, 2.05) is 24.4 Å². The number of rotatable bonds is 7. The van der Waals surface area contributed by atoms with Crippen LogP contribution in [0.3, 0.4) is 0 Å². The molecule has 2 atom stereocenters. The van der Waals surface area contributed by atoms with Crippen molar-refractivity contribution in [2.45, 2.75) is 19.0 Å². The van der Waals surface area contributed by atoms with Crippen molar-refractivity contribution < 1.29 is 14.3 Å². The molecule has 0 aliphatic heterocycles. The molecule has 2 unspecified atom stereocenters. The summed E-state index contributed by atoms with van der Waals surface area (Å²) >= 11 is 2.92. The standard InChI is InChI=1S/C12H18N2O3S2/c1-8(10-4-3-5-19-10)14-11(15)7-18-6-9(13)12(16)17-2/h3-5,8-9H,6-7,13H2,1-2H3,(H,14,15). The Hall–Kier alpha value is -1.05. The molecule has 0 bridgehead atoms. The van der Waals surface area contributed by atoms with Gasteiger partial charge in [-0.1, -0.05) is 6.07 Å². The van der Waals surface area contributed by atoms with Crippen LogP contribution in [0.15, 0.2) is 17.5 Å². The van der Waals surface area contributed by atoms with Gasteiger partial charge in [-0.05, 0) is 18.4 Å². The van der Waals surface area contributed by atoms with Crippen LogP contribution in [0, 0.1) is 0 Å². The second-order valence-corrected chi connectivity index (χ2v) is 5.96. The van der Waals surface area contributed by atoms with Crippen molar-refractivity contribution in [3.63, 3.8) is 0 Å². The third-order valence-electron chi connectivity index (χ3n) is 2.38. The Morgan fingerprint density at radius 1 is 1.58 bits per heavy atom. The number of methoxy groups -OCH3 is 1. The number of amides is 1. The van der Waals surface area contributed by atoms with Gasteiger partial charge >= 0.3 is 5.97 Å². The first-order chi connectivity index (χ1) is 9.04. The molecule has 0 aromatic carbocycles. The molecule has 0 aliphatic rings. The molecule has 7 heteroatoms. The molecule has 1 heterocycles. The van der Waals surface area contributed by atoms with Gasteiger partial charge in [0, 0.05) is 10.6 Å². The average molecular weight is 302 g/mol. The van der Waals surface area contributed by atoms with E-state index in [9.17, 15) is 9.59 Å². The summed E-state index contributed by atoms with van der Waals surface area (Å²) in [6.07, 6.45) is 0. The van der Waals surface area contributed by atoms with E-state index >= 15 is 0 Å². The molecule has 0 aliphatic carbocycles. The Morgan fingerprint density at radius 2 is 2.32 bits per heavy atom. The second-order valence-electron chi connectivity index (χ2n) is 3.95. The maximum absolute atomic E-state index is 11.7. The van der Waals surface area contributed by atoms with E-state index in [-0.39, 0.29) is 17.7 Å². The van der Waals surface area contributed by atoms with Gasteiger partial charge in [-0.2, -0.15) is 0 Å². The minimum Gasteiger partial charge on any atom is -0.468 e. The number of nitrogens with one attached hydrogen (secondary N) is 1. The summed E-state index contributed by atoms with van der Waals surface area (Å²) < 4.78 is 4.51. The minimum atomic E-state index is -0.683. The maximum Gasteiger partial charge on any atom is 0.323 e. The highest BCUT2D eigenvalue weighted by Crippen LogP contribution is 2.18. The summed E-state index contributed by atoms with van der Waals surface area (Å²) in [5.74, 6) is 0.122. The third-order valence-corrected chi connectivity index (χ3v) is 4.50. The molecule has 5 nitrogen and oxygen atoms in total. The number of thioether (sulfide) groups is 1. The molecule has 0 radical (unpaired) electrons. The van der Waals surface area contributed by atoms with E-state index in [4.69, 9.17) is 5.73 Å². The minimum absolute atomic E-state index is 0.00220. The number of carbonyl (C=O) groups is 2. The van der Waals surface area contributed by atoms with Crippen LogP contribution in [-0.4, -0.2) is 36.5 Å². The molecular formula is C12H18N2O3S2. The highest BCUT2D eigenvalue weighted by atomic mass is 32.2. The lowest BCUT2D eigenvalue weighted by molar-refractivity contribution is -0.141. The van der Waals surface area contributed by atoms with Gasteiger partial charge in [0.2, 0.25) is 5.91 Å². The van der Waals surface area contributed by atoms with Crippen LogP contribution in [0.25, 0.3) is 0 Å². The first-order valence-electron chi connectivity index (χ1n) is 5.78. The topological polar surface area (TPSA) is 81.4 Å². The number of hydrogen-bond donors (Lipinski definition) is 2. The molecule has 106 valence electrons. The number of nitrogens with two attached hydrogens (primary N) is 1. The zero-order valence-electron chi connectivity index (χ0n) is 10.9. The van der Waals surface area contributed by atoms with Crippen LogP contribution in [0.1, 0.15) is 17.8 Å². The van der Waals surface area contributed by atoms with E-state index < -0.39 is 12.0 Å². The van der Waals surface area contributed by atoms with Crippen molar-refractivity contribution in [1.29, 1.82) is 0 Å². The zero-order valence-corrected chi connectivity index (χ0v) is 12.6. The van der Waals surface area contributed by atoms with Gasteiger partial charge < -0.3 is 15.8 Å². The fraction of sp³-hybridized carbons (Fsp3) is 0.500. The summed E-state index contributed by atoms with van der Waals surface area (Å²) in [7, 11) is 1.29. The number of esters is 1. The Labute approximate surface area is 120 Å². The van der Waals surface area contributed by atoms with Gasteiger partial charge in [0.15, 0.2) is 0 Å². The highest BCUT2D eigenvalue weighted by Gasteiger charge is 2.15. The van der Waals surface area contributed by atoms with E-state index in [0.29, 0.717) is 5.75 Å². The molecule has 1 aromatic rings. The SMILES string of the molecule is COC(=O)C(N)CSCC(=O)NC(C)c1cccs1. The number of thiophene rings is 1. The quantitative estimate of drug-likeness (QED) is 0.739. The molecule has 3 N–H and O–H groups in total. The van der Waals surface area contributed by atoms with E-state index in [1.54, 1.807) is 11.3 Å². The van der Waals surface area contributed by atoms with Gasteiger partial charge in [0.1, 0.15) is 6.04 Å². The summed E-state index contributed by atoms with van der Waals surface area (Å²) in [6, 6.07) is 3.25. The molecule has 0 fully saturated rings. The van der Waals surface area contributed by atoms with Gasteiger partial charge in [-0.25, -0.2) is 0 Å². The van der Waals surface area contributed by atoms with E-state index in [1.165, 1.54) is 18.9 Å². The van der Waals surface area contributed by atoms with Crippen LogP contribution in [0.4, 0.5) is 0 Å². The van der Waals surface area contributed by atoms with Gasteiger partial charge in [0.25, 0.3) is 0 Å². The van der Waals surface area contributed by atoms with Crippen LogP contribution in [0.2, 0.25) is 0 Å². The molecule has 1 aromatic heterocycles. The zero-order chi connectivity index (χ0) is 14.3. The summed E-state index contributed by atoms with van der Waals surface area (Å²) in [6.45, 7) is 1.94. The lowest BCUT2D eigenvalue weighted by Crippen LogP contribution is -2.35. The molecular weight excluding hydrogens is 284 g/mol. The predicted molar refractivity (Wildman–Crippen MR) is 78.2 cm³/mol. The first-order valence-corrected chi connectivity index (χ1v) is 7.82. The van der Waals surface area contributed by atoms with Crippen LogP contribution >= 0.6 is 23.1 Å².